The van der Waals surface area contributed by atoms with E-state index in [0.717, 1.165) is 41.6 Å². The number of aromatic nitrogens is 1. The SMILES string of the molecule is O=[N+]([O-])c1cccc2c3ccccc3n(CN3CCCC3)c12. The number of nitrogens with zero attached hydrogens (tertiary/aromatic N) is 3. The summed E-state index contributed by atoms with van der Waals surface area (Å²) in [6.07, 6.45) is 2.42. The van der Waals surface area contributed by atoms with E-state index in [9.17, 15) is 10.1 Å². The number of nitro groups is 1. The van der Waals surface area contributed by atoms with E-state index in [1.807, 2.05) is 24.3 Å². The van der Waals surface area contributed by atoms with Crippen molar-refractivity contribution in [3.8, 4) is 0 Å². The Hall–Kier alpha value is -2.40. The molecule has 0 aliphatic carbocycles. The molecule has 1 fully saturated rings. The second-order valence-electron chi connectivity index (χ2n) is 5.84. The third-order valence-corrected chi connectivity index (χ3v) is 4.51. The van der Waals surface area contributed by atoms with Gasteiger partial charge in [0.2, 0.25) is 0 Å². The zero-order valence-electron chi connectivity index (χ0n) is 12.2. The van der Waals surface area contributed by atoms with Gasteiger partial charge in [-0.3, -0.25) is 15.0 Å². The number of para-hydroxylation sites is 2. The van der Waals surface area contributed by atoms with Crippen molar-refractivity contribution in [2.24, 2.45) is 0 Å². The molecule has 0 bridgehead atoms. The first-order valence-electron chi connectivity index (χ1n) is 7.62. The molecule has 5 nitrogen and oxygen atoms in total. The lowest BCUT2D eigenvalue weighted by atomic mass is 10.1. The summed E-state index contributed by atoms with van der Waals surface area (Å²) in [5, 5.41) is 13.5. The highest BCUT2D eigenvalue weighted by molar-refractivity contribution is 6.10. The van der Waals surface area contributed by atoms with Gasteiger partial charge < -0.3 is 4.57 Å². The summed E-state index contributed by atoms with van der Waals surface area (Å²) in [6, 6.07) is 13.4. The molecular weight excluding hydrogens is 278 g/mol. The summed E-state index contributed by atoms with van der Waals surface area (Å²) in [7, 11) is 0. The molecule has 1 aliphatic heterocycles. The van der Waals surface area contributed by atoms with Gasteiger partial charge in [-0.25, -0.2) is 0 Å². The van der Waals surface area contributed by atoms with Crippen molar-refractivity contribution in [1.29, 1.82) is 0 Å². The van der Waals surface area contributed by atoms with Crippen LogP contribution < -0.4 is 0 Å². The number of non-ortho nitro benzene ring substituents is 1. The fraction of sp³-hybridized carbons (Fsp3) is 0.294. The Bertz CT molecular complexity index is 863. The molecule has 1 saturated heterocycles. The molecule has 5 heteroatoms. The molecule has 0 unspecified atom stereocenters. The number of nitro benzene ring substituents is 1. The second-order valence-corrected chi connectivity index (χ2v) is 5.84. The van der Waals surface area contributed by atoms with Crippen LogP contribution in [0.25, 0.3) is 21.8 Å². The Kier molecular flexibility index (Phi) is 3.08. The van der Waals surface area contributed by atoms with Gasteiger partial charge in [0.05, 0.1) is 17.1 Å². The van der Waals surface area contributed by atoms with Crippen LogP contribution in [0.15, 0.2) is 42.5 Å². The van der Waals surface area contributed by atoms with Gasteiger partial charge >= 0.3 is 0 Å². The monoisotopic (exact) mass is 295 g/mol. The molecule has 0 radical (unpaired) electrons. The van der Waals surface area contributed by atoms with E-state index < -0.39 is 0 Å². The van der Waals surface area contributed by atoms with Crippen LogP contribution in [0.1, 0.15) is 12.8 Å². The van der Waals surface area contributed by atoms with Gasteiger partial charge in [-0.1, -0.05) is 30.3 Å². The van der Waals surface area contributed by atoms with Crippen molar-refractivity contribution in [3.05, 3.63) is 52.6 Å². The van der Waals surface area contributed by atoms with Gasteiger partial charge in [-0.2, -0.15) is 0 Å². The molecule has 1 aliphatic rings. The molecule has 22 heavy (non-hydrogen) atoms. The van der Waals surface area contributed by atoms with Crippen molar-refractivity contribution in [2.45, 2.75) is 19.5 Å². The van der Waals surface area contributed by atoms with Crippen LogP contribution in [0.3, 0.4) is 0 Å². The second kappa shape index (κ2) is 5.10. The largest absolute Gasteiger partial charge is 0.321 e. The lowest BCUT2D eigenvalue weighted by Gasteiger charge is -2.17. The van der Waals surface area contributed by atoms with Crippen molar-refractivity contribution in [3.63, 3.8) is 0 Å². The Balaban J connectivity index is 2.02. The number of hydrogen-bond donors (Lipinski definition) is 0. The van der Waals surface area contributed by atoms with Crippen LogP contribution in [-0.4, -0.2) is 27.5 Å². The Morgan fingerprint density at radius 3 is 2.50 bits per heavy atom. The normalized spacial score (nSPS) is 15.8. The van der Waals surface area contributed by atoms with E-state index in [1.165, 1.54) is 12.8 Å². The van der Waals surface area contributed by atoms with Crippen molar-refractivity contribution in [2.75, 3.05) is 13.1 Å². The van der Waals surface area contributed by atoms with Crippen LogP contribution in [0.2, 0.25) is 0 Å². The predicted molar refractivity (Wildman–Crippen MR) is 86.9 cm³/mol. The van der Waals surface area contributed by atoms with E-state index in [1.54, 1.807) is 12.1 Å². The maximum Gasteiger partial charge on any atom is 0.293 e. The van der Waals surface area contributed by atoms with E-state index in [2.05, 4.69) is 15.5 Å². The van der Waals surface area contributed by atoms with E-state index >= 15 is 0 Å². The molecule has 2 heterocycles. The van der Waals surface area contributed by atoms with Crippen LogP contribution in [0, 0.1) is 10.1 Å². The van der Waals surface area contributed by atoms with Crippen molar-refractivity contribution < 1.29 is 4.92 Å². The van der Waals surface area contributed by atoms with Gasteiger partial charge in [0.1, 0.15) is 5.52 Å². The first-order chi connectivity index (χ1) is 10.8. The Morgan fingerprint density at radius 1 is 1.00 bits per heavy atom. The molecule has 0 spiro atoms. The van der Waals surface area contributed by atoms with E-state index in [0.29, 0.717) is 0 Å². The van der Waals surface area contributed by atoms with Gasteiger partial charge in [0, 0.05) is 16.8 Å². The number of hydrogen-bond acceptors (Lipinski definition) is 3. The molecular formula is C17H17N3O2. The topological polar surface area (TPSA) is 51.3 Å². The van der Waals surface area contributed by atoms with Gasteiger partial charge in [0.15, 0.2) is 0 Å². The van der Waals surface area contributed by atoms with Crippen molar-refractivity contribution in [1.82, 2.24) is 9.47 Å². The summed E-state index contributed by atoms with van der Waals surface area (Å²) in [4.78, 5) is 13.5. The summed E-state index contributed by atoms with van der Waals surface area (Å²) >= 11 is 0. The molecule has 0 amide bonds. The molecule has 0 atom stereocenters. The van der Waals surface area contributed by atoms with Crippen LogP contribution in [-0.2, 0) is 6.67 Å². The zero-order valence-corrected chi connectivity index (χ0v) is 12.2. The fourth-order valence-electron chi connectivity index (χ4n) is 3.51. The third kappa shape index (κ3) is 1.97. The molecule has 112 valence electrons. The minimum Gasteiger partial charge on any atom is -0.321 e. The maximum atomic E-state index is 11.5. The number of rotatable bonds is 3. The fourth-order valence-corrected chi connectivity index (χ4v) is 3.51. The first-order valence-corrected chi connectivity index (χ1v) is 7.62. The molecule has 3 aromatic rings. The lowest BCUT2D eigenvalue weighted by molar-refractivity contribution is -0.383. The van der Waals surface area contributed by atoms with Gasteiger partial charge in [0.25, 0.3) is 5.69 Å². The molecule has 2 aromatic carbocycles. The van der Waals surface area contributed by atoms with Gasteiger partial charge in [-0.05, 0) is 32.0 Å². The summed E-state index contributed by atoms with van der Waals surface area (Å²) in [6.45, 7) is 2.85. The van der Waals surface area contributed by atoms with Crippen molar-refractivity contribution >= 4 is 27.5 Å². The summed E-state index contributed by atoms with van der Waals surface area (Å²) < 4.78 is 2.11. The Morgan fingerprint density at radius 2 is 1.73 bits per heavy atom. The zero-order chi connectivity index (χ0) is 15.1. The van der Waals surface area contributed by atoms with Crippen LogP contribution >= 0.6 is 0 Å². The molecule has 0 saturated carbocycles. The van der Waals surface area contributed by atoms with E-state index in [-0.39, 0.29) is 10.6 Å². The average Bonchev–Trinajstić information content (AvgIpc) is 3.15. The maximum absolute atomic E-state index is 11.5. The van der Waals surface area contributed by atoms with Crippen LogP contribution in [0.4, 0.5) is 5.69 Å². The quantitative estimate of drug-likeness (QED) is 0.546. The summed E-state index contributed by atoms with van der Waals surface area (Å²) in [5.41, 5.74) is 1.99. The highest BCUT2D eigenvalue weighted by atomic mass is 16.6. The third-order valence-electron chi connectivity index (χ3n) is 4.51. The number of benzene rings is 2. The summed E-state index contributed by atoms with van der Waals surface area (Å²) in [5.74, 6) is 0. The highest BCUT2D eigenvalue weighted by Crippen LogP contribution is 2.35. The first kappa shape index (κ1) is 13.3. The minimum atomic E-state index is -0.276. The molecule has 0 N–H and O–H groups in total. The van der Waals surface area contributed by atoms with Crippen LogP contribution in [0.5, 0.6) is 0 Å². The lowest BCUT2D eigenvalue weighted by Crippen LogP contribution is -2.22. The van der Waals surface area contributed by atoms with E-state index in [4.69, 9.17) is 0 Å². The molecule has 4 rings (SSSR count). The number of likely N-dealkylation sites (tertiary alicyclic amines) is 1. The van der Waals surface area contributed by atoms with Gasteiger partial charge in [-0.15, -0.1) is 0 Å². The highest BCUT2D eigenvalue weighted by Gasteiger charge is 2.22. The minimum absolute atomic E-state index is 0.188. The predicted octanol–water partition coefficient (Wildman–Crippen LogP) is 3.76. The number of fused-ring (bicyclic) bond motifs is 3. The standard InChI is InChI=1S/C17H17N3O2/c21-20(22)16-9-5-7-14-13-6-1-2-8-15(13)19(17(14)16)12-18-10-3-4-11-18/h1-2,5-9H,3-4,10-12H2. The molecule has 1 aromatic heterocycles. The Labute approximate surface area is 127 Å². The average molecular weight is 295 g/mol. The smallest absolute Gasteiger partial charge is 0.293 e.